The maximum Gasteiger partial charge on any atom is 0.256 e. The van der Waals surface area contributed by atoms with Crippen LogP contribution in [0.4, 0.5) is 5.69 Å². The molecule has 1 aromatic heterocycles. The third kappa shape index (κ3) is 4.19. The van der Waals surface area contributed by atoms with Crippen LogP contribution < -0.4 is 10.6 Å². The fourth-order valence-corrected chi connectivity index (χ4v) is 4.51. The summed E-state index contributed by atoms with van der Waals surface area (Å²) in [4.78, 5) is 44.5. The average Bonchev–Trinajstić information content (AvgIpc) is 2.94. The highest BCUT2D eigenvalue weighted by Gasteiger charge is 2.40. The number of amides is 3. The van der Waals surface area contributed by atoms with Gasteiger partial charge in [0.1, 0.15) is 6.04 Å². The van der Waals surface area contributed by atoms with Gasteiger partial charge in [0.05, 0.1) is 11.3 Å². The predicted molar refractivity (Wildman–Crippen MR) is 125 cm³/mol. The van der Waals surface area contributed by atoms with E-state index >= 15 is 0 Å². The van der Waals surface area contributed by atoms with Crippen molar-refractivity contribution in [2.45, 2.75) is 24.9 Å². The van der Waals surface area contributed by atoms with Gasteiger partial charge < -0.3 is 15.5 Å². The van der Waals surface area contributed by atoms with Crippen LogP contribution in [0.5, 0.6) is 0 Å². The molecule has 2 atom stereocenters. The number of hydrogen-bond acceptors (Lipinski definition) is 4. The van der Waals surface area contributed by atoms with Crippen LogP contribution in [0, 0.1) is 0 Å². The van der Waals surface area contributed by atoms with E-state index in [-0.39, 0.29) is 23.8 Å². The zero-order chi connectivity index (χ0) is 22.9. The van der Waals surface area contributed by atoms with Gasteiger partial charge >= 0.3 is 0 Å². The van der Waals surface area contributed by atoms with Crippen LogP contribution in [0.1, 0.15) is 33.6 Å². The fourth-order valence-electron chi connectivity index (χ4n) is 4.38. The molecular weight excluding hydrogens is 440 g/mol. The second kappa shape index (κ2) is 8.67. The summed E-state index contributed by atoms with van der Waals surface area (Å²) in [5.41, 5.74) is 3.26. The minimum Gasteiger partial charge on any atom is -0.349 e. The molecule has 3 amide bonds. The summed E-state index contributed by atoms with van der Waals surface area (Å²) in [6, 6.07) is 15.2. The van der Waals surface area contributed by atoms with Crippen LogP contribution >= 0.6 is 11.6 Å². The summed E-state index contributed by atoms with van der Waals surface area (Å²) in [6.07, 6.45) is 4.04. The molecule has 5 rings (SSSR count). The lowest BCUT2D eigenvalue weighted by atomic mass is 9.95. The fraction of sp³-hybridized carbons (Fsp3) is 0.200. The summed E-state index contributed by atoms with van der Waals surface area (Å²) < 4.78 is 0. The van der Waals surface area contributed by atoms with Crippen molar-refractivity contribution in [2.24, 2.45) is 0 Å². The molecule has 1 fully saturated rings. The zero-order valence-corrected chi connectivity index (χ0v) is 18.4. The topological polar surface area (TPSA) is 91.4 Å². The number of nitrogens with one attached hydrogen (secondary N) is 2. The molecule has 1 saturated heterocycles. The van der Waals surface area contributed by atoms with Gasteiger partial charge in [-0.1, -0.05) is 29.8 Å². The molecule has 2 aliphatic rings. The van der Waals surface area contributed by atoms with Crippen LogP contribution in [-0.2, 0) is 4.79 Å². The second-order valence-corrected chi connectivity index (χ2v) is 8.64. The Bertz CT molecular complexity index is 1230. The van der Waals surface area contributed by atoms with Gasteiger partial charge in [0.15, 0.2) is 0 Å². The van der Waals surface area contributed by atoms with E-state index in [2.05, 4.69) is 15.6 Å². The van der Waals surface area contributed by atoms with Crippen molar-refractivity contribution in [1.82, 2.24) is 15.2 Å². The third-order valence-corrected chi connectivity index (χ3v) is 6.38. The molecule has 33 heavy (non-hydrogen) atoms. The normalized spacial score (nSPS) is 19.7. The Labute approximate surface area is 195 Å². The first-order valence-electron chi connectivity index (χ1n) is 10.7. The molecule has 0 bridgehead atoms. The highest BCUT2D eigenvalue weighted by Crippen LogP contribution is 2.32. The number of benzene rings is 2. The number of fused-ring (bicyclic) bond motifs is 2. The molecule has 2 aliphatic heterocycles. The van der Waals surface area contributed by atoms with Crippen LogP contribution in [0.3, 0.4) is 0 Å². The minimum atomic E-state index is -0.652. The van der Waals surface area contributed by atoms with E-state index in [1.165, 1.54) is 0 Å². The number of piperidine rings is 1. The number of carbonyl (C=O) groups is 3. The lowest BCUT2D eigenvalue weighted by molar-refractivity contribution is -0.121. The maximum absolute atomic E-state index is 13.4. The van der Waals surface area contributed by atoms with Crippen LogP contribution in [0.15, 0.2) is 67.0 Å². The first-order chi connectivity index (χ1) is 16.0. The van der Waals surface area contributed by atoms with E-state index < -0.39 is 6.04 Å². The smallest absolute Gasteiger partial charge is 0.256 e. The molecular formula is C25H21ClN4O3. The highest BCUT2D eigenvalue weighted by atomic mass is 35.5. The van der Waals surface area contributed by atoms with Crippen LogP contribution in [0.25, 0.3) is 11.1 Å². The largest absolute Gasteiger partial charge is 0.349 e. The number of anilines is 1. The van der Waals surface area contributed by atoms with Crippen molar-refractivity contribution in [3.05, 3.63) is 83.1 Å². The Kier molecular flexibility index (Phi) is 5.56. The van der Waals surface area contributed by atoms with Crippen molar-refractivity contribution in [1.29, 1.82) is 0 Å². The van der Waals surface area contributed by atoms with Gasteiger partial charge in [-0.05, 0) is 60.4 Å². The number of pyridine rings is 1. The average molecular weight is 461 g/mol. The third-order valence-electron chi connectivity index (χ3n) is 6.13. The summed E-state index contributed by atoms with van der Waals surface area (Å²) in [5, 5.41) is 6.52. The summed E-state index contributed by atoms with van der Waals surface area (Å²) in [5.74, 6) is -0.653. The van der Waals surface area contributed by atoms with Crippen molar-refractivity contribution in [3.63, 3.8) is 0 Å². The van der Waals surface area contributed by atoms with Crippen LogP contribution in [-0.4, -0.2) is 46.2 Å². The maximum atomic E-state index is 13.4. The Morgan fingerprint density at radius 2 is 1.76 bits per heavy atom. The number of rotatable bonds is 3. The summed E-state index contributed by atoms with van der Waals surface area (Å²) >= 11 is 5.99. The van der Waals surface area contributed by atoms with E-state index in [1.54, 1.807) is 53.7 Å². The Morgan fingerprint density at radius 1 is 1.03 bits per heavy atom. The molecule has 2 aromatic carbocycles. The lowest BCUT2D eigenvalue weighted by Gasteiger charge is -2.37. The Morgan fingerprint density at radius 3 is 2.52 bits per heavy atom. The summed E-state index contributed by atoms with van der Waals surface area (Å²) in [7, 11) is 0. The molecule has 7 nitrogen and oxygen atoms in total. The van der Waals surface area contributed by atoms with Gasteiger partial charge in [-0.3, -0.25) is 19.4 Å². The number of halogens is 1. The number of aromatic nitrogens is 1. The molecule has 0 aliphatic carbocycles. The number of nitrogens with zero attached hydrogens (tertiary/aromatic N) is 2. The number of carbonyl (C=O) groups excluding carboxylic acids is 3. The van der Waals surface area contributed by atoms with Gasteiger partial charge in [-0.25, -0.2) is 0 Å². The van der Waals surface area contributed by atoms with E-state index in [0.717, 1.165) is 11.1 Å². The quantitative estimate of drug-likeness (QED) is 0.622. The summed E-state index contributed by atoms with van der Waals surface area (Å²) in [6.45, 7) is 0.378. The minimum absolute atomic E-state index is 0.192. The van der Waals surface area contributed by atoms with Crippen molar-refractivity contribution in [3.8, 4) is 11.1 Å². The molecule has 2 unspecified atom stereocenters. The molecule has 0 spiro atoms. The van der Waals surface area contributed by atoms with Gasteiger partial charge in [-0.15, -0.1) is 0 Å². The van der Waals surface area contributed by atoms with E-state index in [9.17, 15) is 14.4 Å². The molecule has 3 aromatic rings. The monoisotopic (exact) mass is 460 g/mol. The van der Waals surface area contributed by atoms with Gasteiger partial charge in [0.2, 0.25) is 5.91 Å². The van der Waals surface area contributed by atoms with Gasteiger partial charge in [0.25, 0.3) is 11.8 Å². The molecule has 166 valence electrons. The van der Waals surface area contributed by atoms with E-state index in [4.69, 9.17) is 11.6 Å². The molecule has 8 heteroatoms. The molecule has 3 heterocycles. The second-order valence-electron chi connectivity index (χ2n) is 8.20. The Balaban J connectivity index is 1.37. The Hall–Kier alpha value is -3.71. The standard InChI is InChI=1S/C25H21ClN4O3/c26-18-4-1-15(2-5-18)17-3-6-21-20(13-17)25(33)30-12-9-19(14-22(30)24(32)29-21)28-23(31)16-7-10-27-11-8-16/h1-8,10-11,13,19,22H,9,12,14H2,(H,28,31)(H,29,32). The number of hydrogen-bond donors (Lipinski definition) is 2. The highest BCUT2D eigenvalue weighted by molar-refractivity contribution is 6.30. The zero-order valence-electron chi connectivity index (χ0n) is 17.6. The molecule has 0 saturated carbocycles. The first-order valence-corrected chi connectivity index (χ1v) is 11.1. The van der Waals surface area contributed by atoms with E-state index in [1.807, 2.05) is 18.2 Å². The van der Waals surface area contributed by atoms with Gasteiger partial charge in [0, 0.05) is 35.6 Å². The van der Waals surface area contributed by atoms with Crippen molar-refractivity contribution in [2.75, 3.05) is 11.9 Å². The van der Waals surface area contributed by atoms with Gasteiger partial charge in [-0.2, -0.15) is 0 Å². The lowest BCUT2D eigenvalue weighted by Crippen LogP contribution is -2.55. The predicted octanol–water partition coefficient (Wildman–Crippen LogP) is 3.76. The SMILES string of the molecule is O=C(NC1CCN2C(=O)c3cc(-c4ccc(Cl)cc4)ccc3NC(=O)C2C1)c1ccncc1. The molecule has 0 radical (unpaired) electrons. The van der Waals surface area contributed by atoms with E-state index in [0.29, 0.717) is 41.2 Å². The van der Waals surface area contributed by atoms with Crippen LogP contribution in [0.2, 0.25) is 5.02 Å². The van der Waals surface area contributed by atoms with Crippen molar-refractivity contribution >= 4 is 35.0 Å². The first kappa shape index (κ1) is 21.2. The van der Waals surface area contributed by atoms with Crippen molar-refractivity contribution < 1.29 is 14.4 Å². The molecule has 2 N–H and O–H groups in total.